The fourth-order valence-electron chi connectivity index (χ4n) is 4.57. The number of alkyl halides is 9. The minimum absolute atomic E-state index is 0.00905. The largest absolute Gasteiger partial charge is 0.446 e. The van der Waals surface area contributed by atoms with E-state index in [1.165, 1.54) is 0 Å². The van der Waals surface area contributed by atoms with Crippen molar-refractivity contribution in [3.8, 4) is 0 Å². The van der Waals surface area contributed by atoms with Gasteiger partial charge in [-0.15, -0.1) is 0 Å². The number of carbonyl (C=O) groups excluding carboxylic acids is 1. The lowest BCUT2D eigenvalue weighted by Crippen LogP contribution is -2.47. The predicted octanol–water partition coefficient (Wildman–Crippen LogP) is 8.06. The van der Waals surface area contributed by atoms with Crippen LogP contribution in [0.5, 0.6) is 0 Å². The number of halogens is 9. The molecule has 1 aliphatic heterocycles. The number of nitrogens with two attached hydrogens (primary N) is 1. The molecule has 0 spiro atoms. The molecule has 0 radical (unpaired) electrons. The highest BCUT2D eigenvalue weighted by Gasteiger charge is 2.43. The van der Waals surface area contributed by atoms with Crippen LogP contribution in [0.15, 0.2) is 36.4 Å². The molecule has 3 atom stereocenters. The van der Waals surface area contributed by atoms with Gasteiger partial charge in [0.2, 0.25) is 0 Å². The third kappa shape index (κ3) is 6.19. The zero-order valence-corrected chi connectivity index (χ0v) is 20.4. The Balaban J connectivity index is 2.22. The minimum Gasteiger partial charge on any atom is -0.446 e. The molecule has 2 N–H and O–H groups in total. The van der Waals surface area contributed by atoms with Gasteiger partial charge in [-0.1, -0.05) is 6.92 Å². The van der Waals surface area contributed by atoms with Gasteiger partial charge in [-0.25, -0.2) is 4.79 Å². The Hall–Kier alpha value is -2.96. The molecule has 210 valence electrons. The summed E-state index contributed by atoms with van der Waals surface area (Å²) in [6.07, 6.45) is -16.4. The van der Waals surface area contributed by atoms with Crippen molar-refractivity contribution in [1.29, 1.82) is 0 Å². The van der Waals surface area contributed by atoms with Gasteiger partial charge in [0.15, 0.2) is 0 Å². The highest BCUT2D eigenvalue weighted by molar-refractivity contribution is 5.90. The van der Waals surface area contributed by atoms with E-state index in [1.54, 1.807) is 20.8 Å². The van der Waals surface area contributed by atoms with E-state index in [1.807, 2.05) is 0 Å². The number of benzene rings is 2. The summed E-state index contributed by atoms with van der Waals surface area (Å²) in [5.74, 6) is -1.15. The summed E-state index contributed by atoms with van der Waals surface area (Å²) in [4.78, 5) is 14.0. The van der Waals surface area contributed by atoms with E-state index < -0.39 is 71.0 Å². The van der Waals surface area contributed by atoms with E-state index in [-0.39, 0.29) is 30.2 Å². The molecule has 0 aliphatic carbocycles. The SMILES string of the molecule is CCC1CC(C(N)c2cc(C(F)(F)F)cc(C(F)(F)F)c2)c2cc(C(F)(F)F)ccc2N1C(=O)OC(C)C. The molecule has 0 bridgehead atoms. The molecule has 0 saturated heterocycles. The molecule has 0 fully saturated rings. The summed E-state index contributed by atoms with van der Waals surface area (Å²) in [6, 6.07) is 1.12. The maximum absolute atomic E-state index is 13.6. The Morgan fingerprint density at radius 1 is 0.921 bits per heavy atom. The molecule has 3 rings (SSSR count). The van der Waals surface area contributed by atoms with Gasteiger partial charge in [0.05, 0.1) is 28.5 Å². The van der Waals surface area contributed by atoms with Crippen LogP contribution in [-0.4, -0.2) is 18.2 Å². The van der Waals surface area contributed by atoms with Crippen molar-refractivity contribution in [3.05, 3.63) is 64.2 Å². The summed E-state index contributed by atoms with van der Waals surface area (Å²) in [6.45, 7) is 4.81. The number of anilines is 1. The highest BCUT2D eigenvalue weighted by atomic mass is 19.4. The number of amides is 1. The molecule has 1 amide bonds. The average Bonchev–Trinajstić information content (AvgIpc) is 2.79. The van der Waals surface area contributed by atoms with E-state index in [4.69, 9.17) is 10.5 Å². The van der Waals surface area contributed by atoms with Crippen LogP contribution >= 0.6 is 0 Å². The molecular weight excluding hydrogens is 531 g/mol. The average molecular weight is 556 g/mol. The van der Waals surface area contributed by atoms with Crippen LogP contribution in [0, 0.1) is 0 Å². The third-order valence-electron chi connectivity index (χ3n) is 6.34. The molecule has 2 aromatic carbocycles. The van der Waals surface area contributed by atoms with Gasteiger partial charge in [-0.2, -0.15) is 39.5 Å². The van der Waals surface area contributed by atoms with Crippen LogP contribution < -0.4 is 10.6 Å². The van der Waals surface area contributed by atoms with Crippen LogP contribution in [-0.2, 0) is 23.3 Å². The van der Waals surface area contributed by atoms with E-state index in [0.717, 1.165) is 23.1 Å². The number of hydrogen-bond donors (Lipinski definition) is 1. The molecule has 0 saturated carbocycles. The quantitative estimate of drug-likeness (QED) is 0.388. The first-order chi connectivity index (χ1) is 17.3. The Morgan fingerprint density at radius 2 is 1.45 bits per heavy atom. The van der Waals surface area contributed by atoms with Gasteiger partial charge in [0.1, 0.15) is 0 Å². The first-order valence-electron chi connectivity index (χ1n) is 11.6. The lowest BCUT2D eigenvalue weighted by Gasteiger charge is -2.42. The highest BCUT2D eigenvalue weighted by Crippen LogP contribution is 2.48. The summed E-state index contributed by atoms with van der Waals surface area (Å²) in [7, 11) is 0. The Morgan fingerprint density at radius 3 is 1.89 bits per heavy atom. The molecule has 1 heterocycles. The summed E-state index contributed by atoms with van der Waals surface area (Å²) >= 11 is 0. The van der Waals surface area contributed by atoms with Gasteiger partial charge in [-0.3, -0.25) is 4.90 Å². The van der Waals surface area contributed by atoms with Crippen molar-refractivity contribution in [1.82, 2.24) is 0 Å². The number of nitrogens with zero attached hydrogens (tertiary/aromatic N) is 1. The second-order valence-electron chi connectivity index (χ2n) is 9.34. The van der Waals surface area contributed by atoms with Crippen LogP contribution in [0.3, 0.4) is 0 Å². The van der Waals surface area contributed by atoms with Crippen molar-refractivity contribution < 1.29 is 49.0 Å². The Bertz CT molecular complexity index is 1140. The summed E-state index contributed by atoms with van der Waals surface area (Å²) < 4.78 is 127. The maximum atomic E-state index is 13.6. The Kier molecular flexibility index (Phi) is 8.03. The van der Waals surface area contributed by atoms with Crippen LogP contribution in [0.4, 0.5) is 50.0 Å². The van der Waals surface area contributed by atoms with E-state index in [0.29, 0.717) is 12.1 Å². The number of fused-ring (bicyclic) bond motifs is 1. The number of hydrogen-bond acceptors (Lipinski definition) is 3. The van der Waals surface area contributed by atoms with Crippen LogP contribution in [0.1, 0.15) is 73.4 Å². The standard InChI is InChI=1S/C25H25F9N2O2/c1-4-17-11-19(21(35)13-7-15(24(29,30)31)9-16(8-13)25(32,33)34)18-10-14(23(26,27)28)5-6-20(18)36(17)22(37)38-12(2)3/h5-10,12,17,19,21H,4,11,35H2,1-3H3. The van der Waals surface area contributed by atoms with Crippen molar-refractivity contribution >= 4 is 11.8 Å². The molecule has 4 nitrogen and oxygen atoms in total. The second-order valence-corrected chi connectivity index (χ2v) is 9.34. The van der Waals surface area contributed by atoms with E-state index >= 15 is 0 Å². The number of carbonyl (C=O) groups is 1. The molecule has 1 aliphatic rings. The number of ether oxygens (including phenoxy) is 1. The normalized spacial score (nSPS) is 19.4. The monoisotopic (exact) mass is 556 g/mol. The molecule has 38 heavy (non-hydrogen) atoms. The van der Waals surface area contributed by atoms with Gasteiger partial charge < -0.3 is 10.5 Å². The van der Waals surface area contributed by atoms with Crippen molar-refractivity contribution in [2.75, 3.05) is 4.90 Å². The zero-order valence-electron chi connectivity index (χ0n) is 20.4. The molecular formula is C25H25F9N2O2. The van der Waals surface area contributed by atoms with Crippen molar-refractivity contribution in [3.63, 3.8) is 0 Å². The molecule has 0 aromatic heterocycles. The molecule has 13 heteroatoms. The van der Waals surface area contributed by atoms with Crippen LogP contribution in [0.25, 0.3) is 0 Å². The van der Waals surface area contributed by atoms with Crippen LogP contribution in [0.2, 0.25) is 0 Å². The maximum Gasteiger partial charge on any atom is 0.416 e. The minimum atomic E-state index is -5.13. The second kappa shape index (κ2) is 10.3. The lowest BCUT2D eigenvalue weighted by molar-refractivity contribution is -0.143. The fourth-order valence-corrected chi connectivity index (χ4v) is 4.57. The summed E-state index contributed by atoms with van der Waals surface area (Å²) in [5, 5.41) is 0. The smallest absolute Gasteiger partial charge is 0.416 e. The third-order valence-corrected chi connectivity index (χ3v) is 6.34. The predicted molar refractivity (Wildman–Crippen MR) is 120 cm³/mol. The fraction of sp³-hybridized carbons (Fsp3) is 0.480. The van der Waals surface area contributed by atoms with Gasteiger partial charge in [0, 0.05) is 18.0 Å². The van der Waals surface area contributed by atoms with Gasteiger partial charge in [0.25, 0.3) is 0 Å². The van der Waals surface area contributed by atoms with E-state index in [9.17, 15) is 44.3 Å². The first kappa shape index (κ1) is 29.6. The zero-order chi connectivity index (χ0) is 28.8. The molecule has 2 aromatic rings. The lowest BCUT2D eigenvalue weighted by atomic mass is 9.77. The summed E-state index contributed by atoms with van der Waals surface area (Å²) in [5.41, 5.74) is 1.25. The Labute approximate surface area is 212 Å². The topological polar surface area (TPSA) is 55.6 Å². The van der Waals surface area contributed by atoms with Crippen molar-refractivity contribution in [2.24, 2.45) is 5.73 Å². The van der Waals surface area contributed by atoms with Crippen molar-refractivity contribution in [2.45, 2.75) is 76.2 Å². The van der Waals surface area contributed by atoms with E-state index in [2.05, 4.69) is 0 Å². The van der Waals surface area contributed by atoms with Gasteiger partial charge in [-0.05, 0) is 74.2 Å². The van der Waals surface area contributed by atoms with Gasteiger partial charge >= 0.3 is 24.6 Å². The molecule has 3 unspecified atom stereocenters. The number of rotatable bonds is 4. The first-order valence-corrected chi connectivity index (χ1v) is 11.6.